The Morgan fingerprint density at radius 1 is 0.889 bits per heavy atom. The summed E-state index contributed by atoms with van der Waals surface area (Å²) in [6.07, 6.45) is 2.94. The highest BCUT2D eigenvalue weighted by atomic mass is 16.6. The molecular weight excluding hydrogens is 346 g/mol. The first-order valence-electron chi connectivity index (χ1n) is 8.98. The van der Waals surface area contributed by atoms with Crippen molar-refractivity contribution in [1.29, 1.82) is 0 Å². The Hall–Kier alpha value is -2.50. The average molecular weight is 375 g/mol. The van der Waals surface area contributed by atoms with E-state index in [4.69, 9.17) is 14.2 Å². The number of benzene rings is 1. The maximum Gasteiger partial charge on any atom is 0.412 e. The van der Waals surface area contributed by atoms with Gasteiger partial charge in [-0.2, -0.15) is 0 Å². The van der Waals surface area contributed by atoms with Crippen molar-refractivity contribution in [2.24, 2.45) is 0 Å². The molecule has 1 aliphatic rings. The maximum absolute atomic E-state index is 12.9. The Bertz CT molecular complexity index is 710. The van der Waals surface area contributed by atoms with E-state index in [1.807, 2.05) is 30.3 Å². The quantitative estimate of drug-likeness (QED) is 0.584. The van der Waals surface area contributed by atoms with Crippen LogP contribution in [0, 0.1) is 0 Å². The molecule has 1 aliphatic heterocycles. The molecule has 1 aromatic carbocycles. The summed E-state index contributed by atoms with van der Waals surface area (Å²) in [6, 6.07) is 6.09. The Kier molecular flexibility index (Phi) is 5.88. The molecule has 1 unspecified atom stereocenters. The van der Waals surface area contributed by atoms with Gasteiger partial charge < -0.3 is 14.2 Å². The van der Waals surface area contributed by atoms with Gasteiger partial charge in [0.25, 0.3) is 0 Å². The van der Waals surface area contributed by atoms with Crippen molar-refractivity contribution in [2.75, 3.05) is 7.11 Å². The molecule has 6 nitrogen and oxygen atoms in total. The molecule has 0 aliphatic carbocycles. The minimum Gasteiger partial charge on any atom is -0.497 e. The van der Waals surface area contributed by atoms with Gasteiger partial charge in [0.15, 0.2) is 6.04 Å². The van der Waals surface area contributed by atoms with Crippen LogP contribution in [0.1, 0.15) is 53.1 Å². The first-order chi connectivity index (χ1) is 12.4. The lowest BCUT2D eigenvalue weighted by Gasteiger charge is -2.33. The van der Waals surface area contributed by atoms with Crippen molar-refractivity contribution in [3.05, 3.63) is 42.0 Å². The number of amides is 1. The van der Waals surface area contributed by atoms with E-state index in [-0.39, 0.29) is 0 Å². The van der Waals surface area contributed by atoms with Gasteiger partial charge in [-0.05, 0) is 59.2 Å². The predicted octanol–water partition coefficient (Wildman–Crippen LogP) is 4.25. The highest BCUT2D eigenvalue weighted by molar-refractivity contribution is 5.85. The Morgan fingerprint density at radius 3 is 1.93 bits per heavy atom. The van der Waals surface area contributed by atoms with Crippen molar-refractivity contribution in [1.82, 2.24) is 4.90 Å². The maximum atomic E-state index is 12.9. The number of hydrogen-bond donors (Lipinski definition) is 0. The Balaban J connectivity index is 2.33. The van der Waals surface area contributed by atoms with E-state index in [2.05, 4.69) is 0 Å². The molecule has 0 spiro atoms. The van der Waals surface area contributed by atoms with Crippen LogP contribution in [0.25, 0.3) is 0 Å². The van der Waals surface area contributed by atoms with E-state index >= 15 is 0 Å². The van der Waals surface area contributed by atoms with Gasteiger partial charge in [-0.3, -0.25) is 4.90 Å². The lowest BCUT2D eigenvalue weighted by Crippen LogP contribution is -2.46. The molecule has 0 fully saturated rings. The van der Waals surface area contributed by atoms with E-state index in [0.717, 1.165) is 5.56 Å². The first-order valence-corrected chi connectivity index (χ1v) is 8.98. The van der Waals surface area contributed by atoms with Gasteiger partial charge in [-0.15, -0.1) is 0 Å². The van der Waals surface area contributed by atoms with Crippen LogP contribution in [0.5, 0.6) is 5.75 Å². The number of hydrogen-bond acceptors (Lipinski definition) is 5. The standard InChI is InChI=1S/C21H29NO5/c1-20(2,3)26-18(23)17-13-12-16(14-8-10-15(25-7)11-9-14)22(17)19(24)27-21(4,5)6/h8-13,16-17H,1-7H3/t16?,17-/m0/s1. The lowest BCUT2D eigenvalue weighted by molar-refractivity contribution is -0.159. The third kappa shape index (κ3) is 5.49. The van der Waals surface area contributed by atoms with Crippen LogP contribution >= 0.6 is 0 Å². The number of carbonyl (C=O) groups is 2. The van der Waals surface area contributed by atoms with Gasteiger partial charge in [-0.25, -0.2) is 9.59 Å². The molecule has 0 aromatic heterocycles. The molecule has 0 bridgehead atoms. The summed E-state index contributed by atoms with van der Waals surface area (Å²) in [6.45, 7) is 10.8. The smallest absolute Gasteiger partial charge is 0.412 e. The van der Waals surface area contributed by atoms with Gasteiger partial charge in [0.2, 0.25) is 0 Å². The van der Waals surface area contributed by atoms with Gasteiger partial charge in [-0.1, -0.05) is 24.3 Å². The fourth-order valence-electron chi connectivity index (χ4n) is 2.74. The zero-order valence-corrected chi connectivity index (χ0v) is 17.1. The number of rotatable bonds is 3. The van der Waals surface area contributed by atoms with Crippen molar-refractivity contribution in [3.8, 4) is 5.75 Å². The van der Waals surface area contributed by atoms with E-state index in [1.54, 1.807) is 54.7 Å². The third-order valence-corrected chi connectivity index (χ3v) is 3.78. The second-order valence-corrected chi connectivity index (χ2v) is 8.47. The van der Waals surface area contributed by atoms with Crippen LogP contribution in [0.4, 0.5) is 4.79 Å². The van der Waals surface area contributed by atoms with Crippen LogP contribution < -0.4 is 4.74 Å². The van der Waals surface area contributed by atoms with E-state index in [9.17, 15) is 9.59 Å². The number of esters is 1. The second-order valence-electron chi connectivity index (χ2n) is 8.47. The van der Waals surface area contributed by atoms with E-state index in [1.165, 1.54) is 4.90 Å². The van der Waals surface area contributed by atoms with Crippen LogP contribution in [0.3, 0.4) is 0 Å². The zero-order valence-electron chi connectivity index (χ0n) is 17.1. The average Bonchev–Trinajstić information content (AvgIpc) is 2.97. The molecule has 2 atom stereocenters. The number of carbonyl (C=O) groups excluding carboxylic acids is 2. The zero-order chi connectivity index (χ0) is 20.4. The summed E-state index contributed by atoms with van der Waals surface area (Å²) in [4.78, 5) is 27.0. The molecule has 27 heavy (non-hydrogen) atoms. The largest absolute Gasteiger partial charge is 0.497 e. The van der Waals surface area contributed by atoms with Crippen LogP contribution in [0.2, 0.25) is 0 Å². The Morgan fingerprint density at radius 2 is 1.44 bits per heavy atom. The third-order valence-electron chi connectivity index (χ3n) is 3.78. The monoisotopic (exact) mass is 375 g/mol. The predicted molar refractivity (Wildman–Crippen MR) is 103 cm³/mol. The fourth-order valence-corrected chi connectivity index (χ4v) is 2.74. The van der Waals surface area contributed by atoms with Crippen molar-refractivity contribution in [2.45, 2.75) is 64.8 Å². The summed E-state index contributed by atoms with van der Waals surface area (Å²) in [5.41, 5.74) is -0.477. The van der Waals surface area contributed by atoms with Crippen LogP contribution in [-0.4, -0.2) is 41.3 Å². The lowest BCUT2D eigenvalue weighted by atomic mass is 10.1. The first kappa shape index (κ1) is 20.8. The van der Waals surface area contributed by atoms with Gasteiger partial charge in [0.1, 0.15) is 17.0 Å². The molecule has 1 heterocycles. The molecule has 0 saturated heterocycles. The van der Waals surface area contributed by atoms with Crippen molar-refractivity contribution >= 4 is 12.1 Å². The van der Waals surface area contributed by atoms with Gasteiger partial charge >= 0.3 is 12.1 Å². The summed E-state index contributed by atoms with van der Waals surface area (Å²) in [5, 5.41) is 0. The van der Waals surface area contributed by atoms with Crippen LogP contribution in [0.15, 0.2) is 36.4 Å². The second kappa shape index (κ2) is 7.62. The SMILES string of the molecule is COc1ccc(C2C=C[C@@H](C(=O)OC(C)(C)C)N2C(=O)OC(C)(C)C)cc1. The highest BCUT2D eigenvalue weighted by Crippen LogP contribution is 2.34. The minimum absolute atomic E-state index is 0.428. The highest BCUT2D eigenvalue weighted by Gasteiger charge is 2.41. The summed E-state index contributed by atoms with van der Waals surface area (Å²) in [7, 11) is 1.59. The molecule has 0 N–H and O–H groups in total. The molecule has 1 amide bonds. The number of methoxy groups -OCH3 is 1. The summed E-state index contributed by atoms with van der Waals surface area (Å²) in [5.74, 6) is 0.230. The van der Waals surface area contributed by atoms with Gasteiger partial charge in [0.05, 0.1) is 13.2 Å². The normalized spacial score (nSPS) is 19.7. The molecule has 148 valence electrons. The minimum atomic E-state index is -0.842. The number of nitrogens with zero attached hydrogens (tertiary/aromatic N) is 1. The topological polar surface area (TPSA) is 65.1 Å². The van der Waals surface area contributed by atoms with Crippen molar-refractivity contribution < 1.29 is 23.8 Å². The molecular formula is C21H29NO5. The molecule has 0 radical (unpaired) electrons. The fraction of sp³-hybridized carbons (Fsp3) is 0.524. The van der Waals surface area contributed by atoms with E-state index in [0.29, 0.717) is 5.75 Å². The molecule has 1 aromatic rings. The number of ether oxygens (including phenoxy) is 3. The summed E-state index contributed by atoms with van der Waals surface area (Å²) < 4.78 is 16.2. The molecule has 6 heteroatoms. The van der Waals surface area contributed by atoms with Crippen LogP contribution in [-0.2, 0) is 14.3 Å². The molecule has 2 rings (SSSR count). The molecule has 0 saturated carbocycles. The van der Waals surface area contributed by atoms with Gasteiger partial charge in [0, 0.05) is 0 Å². The van der Waals surface area contributed by atoms with Crippen molar-refractivity contribution in [3.63, 3.8) is 0 Å². The summed E-state index contributed by atoms with van der Waals surface area (Å²) >= 11 is 0. The van der Waals surface area contributed by atoms with E-state index < -0.39 is 35.3 Å². The Labute approximate surface area is 161 Å².